The first kappa shape index (κ1) is 22.7. The molecule has 0 heterocycles. The molecule has 0 aromatic heterocycles. The second-order valence-electron chi connectivity index (χ2n) is 7.32. The molecule has 2 aromatic carbocycles. The molecule has 0 radical (unpaired) electrons. The number of carbonyl (C=O) groups is 1. The lowest BCUT2D eigenvalue weighted by molar-refractivity contribution is -0.119. The van der Waals surface area contributed by atoms with Crippen LogP contribution < -0.4 is 14.4 Å². The number of carbonyl (C=O) groups excluding carboxylic acids is 1. The SMILES string of the molecule is COc1ccc(CCCNC(=O)CN(c2ccc(C(C)C)cc2)S(C)(=O)=O)cc1. The summed E-state index contributed by atoms with van der Waals surface area (Å²) in [4.78, 5) is 12.3. The van der Waals surface area contributed by atoms with Gasteiger partial charge in [0.2, 0.25) is 15.9 Å². The number of rotatable bonds is 10. The summed E-state index contributed by atoms with van der Waals surface area (Å²) in [5.74, 6) is 0.840. The molecule has 0 aliphatic heterocycles. The van der Waals surface area contributed by atoms with E-state index in [1.807, 2.05) is 36.4 Å². The summed E-state index contributed by atoms with van der Waals surface area (Å²) in [6.45, 7) is 4.39. The van der Waals surface area contributed by atoms with Crippen LogP contribution in [0.15, 0.2) is 48.5 Å². The minimum Gasteiger partial charge on any atom is -0.497 e. The zero-order valence-electron chi connectivity index (χ0n) is 17.5. The molecule has 2 rings (SSSR count). The fourth-order valence-corrected chi connectivity index (χ4v) is 3.78. The number of hydrogen-bond acceptors (Lipinski definition) is 4. The van der Waals surface area contributed by atoms with Crippen LogP contribution in [0, 0.1) is 0 Å². The number of nitrogens with one attached hydrogen (secondary N) is 1. The first-order valence-electron chi connectivity index (χ1n) is 9.68. The highest BCUT2D eigenvalue weighted by atomic mass is 32.2. The summed E-state index contributed by atoms with van der Waals surface area (Å²) in [5, 5.41) is 2.81. The molecule has 0 aliphatic rings. The minimum atomic E-state index is -3.57. The van der Waals surface area contributed by atoms with E-state index in [0.717, 1.165) is 40.3 Å². The maximum Gasteiger partial charge on any atom is 0.240 e. The van der Waals surface area contributed by atoms with Gasteiger partial charge in [0.1, 0.15) is 12.3 Å². The van der Waals surface area contributed by atoms with Gasteiger partial charge in [0.15, 0.2) is 0 Å². The van der Waals surface area contributed by atoms with Crippen LogP contribution >= 0.6 is 0 Å². The monoisotopic (exact) mass is 418 g/mol. The molecule has 7 heteroatoms. The molecule has 2 aromatic rings. The maximum absolute atomic E-state index is 12.3. The molecular weight excluding hydrogens is 388 g/mol. The van der Waals surface area contributed by atoms with E-state index in [4.69, 9.17) is 4.74 Å². The number of aryl methyl sites for hydroxylation is 1. The molecule has 0 fully saturated rings. The van der Waals surface area contributed by atoms with Crippen LogP contribution in [0.25, 0.3) is 0 Å². The first-order valence-corrected chi connectivity index (χ1v) is 11.5. The largest absolute Gasteiger partial charge is 0.497 e. The third-order valence-corrected chi connectivity index (χ3v) is 5.80. The van der Waals surface area contributed by atoms with Gasteiger partial charge in [0.25, 0.3) is 0 Å². The molecule has 0 atom stereocenters. The average molecular weight is 419 g/mol. The normalized spacial score (nSPS) is 11.3. The van der Waals surface area contributed by atoms with Gasteiger partial charge in [-0.05, 0) is 54.2 Å². The molecule has 29 heavy (non-hydrogen) atoms. The van der Waals surface area contributed by atoms with Crippen LogP contribution in [-0.2, 0) is 21.2 Å². The molecule has 1 amide bonds. The molecule has 0 aliphatic carbocycles. The number of methoxy groups -OCH3 is 1. The van der Waals surface area contributed by atoms with Crippen molar-refractivity contribution in [1.29, 1.82) is 0 Å². The highest BCUT2D eigenvalue weighted by Crippen LogP contribution is 2.21. The third kappa shape index (κ3) is 7.09. The summed E-state index contributed by atoms with van der Waals surface area (Å²) >= 11 is 0. The molecule has 158 valence electrons. The lowest BCUT2D eigenvalue weighted by Crippen LogP contribution is -2.40. The maximum atomic E-state index is 12.3. The van der Waals surface area contributed by atoms with Crippen molar-refractivity contribution in [2.45, 2.75) is 32.6 Å². The molecule has 0 bridgehead atoms. The van der Waals surface area contributed by atoms with Gasteiger partial charge in [-0.15, -0.1) is 0 Å². The van der Waals surface area contributed by atoms with Gasteiger partial charge in [-0.1, -0.05) is 38.1 Å². The highest BCUT2D eigenvalue weighted by Gasteiger charge is 2.20. The van der Waals surface area contributed by atoms with E-state index in [-0.39, 0.29) is 12.5 Å². The van der Waals surface area contributed by atoms with Crippen molar-refractivity contribution >= 4 is 21.6 Å². The van der Waals surface area contributed by atoms with Gasteiger partial charge in [0.05, 0.1) is 19.1 Å². The number of hydrogen-bond donors (Lipinski definition) is 1. The fourth-order valence-electron chi connectivity index (χ4n) is 2.92. The standard InChI is InChI=1S/C22H30N2O4S/c1-17(2)19-9-11-20(12-10-19)24(29(4,26)27)16-22(25)23-15-5-6-18-7-13-21(28-3)14-8-18/h7-14,17H,5-6,15-16H2,1-4H3,(H,23,25). The number of sulfonamides is 1. The van der Waals surface area contributed by atoms with Gasteiger partial charge >= 0.3 is 0 Å². The van der Waals surface area contributed by atoms with Gasteiger partial charge in [-0.3, -0.25) is 9.10 Å². The van der Waals surface area contributed by atoms with Crippen molar-refractivity contribution < 1.29 is 17.9 Å². The third-order valence-electron chi connectivity index (χ3n) is 4.66. The average Bonchev–Trinajstić information content (AvgIpc) is 2.69. The Morgan fingerprint density at radius 1 is 1.07 bits per heavy atom. The smallest absolute Gasteiger partial charge is 0.240 e. The van der Waals surface area contributed by atoms with E-state index >= 15 is 0 Å². The molecule has 1 N–H and O–H groups in total. The lowest BCUT2D eigenvalue weighted by Gasteiger charge is -2.22. The number of amides is 1. The Kier molecular flexibility index (Phi) is 8.08. The van der Waals surface area contributed by atoms with Crippen molar-refractivity contribution in [3.05, 3.63) is 59.7 Å². The van der Waals surface area contributed by atoms with Crippen molar-refractivity contribution in [3.63, 3.8) is 0 Å². The molecule has 0 saturated carbocycles. The van der Waals surface area contributed by atoms with Gasteiger partial charge in [0, 0.05) is 6.54 Å². The molecule has 0 saturated heterocycles. The number of benzene rings is 2. The number of ether oxygens (including phenoxy) is 1. The van der Waals surface area contributed by atoms with Crippen LogP contribution in [0.3, 0.4) is 0 Å². The molecule has 6 nitrogen and oxygen atoms in total. The zero-order valence-corrected chi connectivity index (χ0v) is 18.3. The Labute approximate surface area is 173 Å². The van der Waals surface area contributed by atoms with Crippen LogP contribution in [0.2, 0.25) is 0 Å². The van der Waals surface area contributed by atoms with Gasteiger partial charge < -0.3 is 10.1 Å². The van der Waals surface area contributed by atoms with E-state index in [1.165, 1.54) is 0 Å². The van der Waals surface area contributed by atoms with Crippen molar-refractivity contribution in [2.75, 3.05) is 30.8 Å². The summed E-state index contributed by atoms with van der Waals surface area (Å²) in [6.07, 6.45) is 2.69. The van der Waals surface area contributed by atoms with Crippen molar-refractivity contribution in [1.82, 2.24) is 5.32 Å². The van der Waals surface area contributed by atoms with E-state index in [0.29, 0.717) is 18.2 Å². The van der Waals surface area contributed by atoms with Gasteiger partial charge in [-0.2, -0.15) is 0 Å². The van der Waals surface area contributed by atoms with Crippen LogP contribution in [0.1, 0.15) is 37.3 Å². The van der Waals surface area contributed by atoms with Crippen molar-refractivity contribution in [3.8, 4) is 5.75 Å². The molecule has 0 spiro atoms. The van der Waals surface area contributed by atoms with Crippen molar-refractivity contribution in [2.24, 2.45) is 0 Å². The van der Waals surface area contributed by atoms with Crippen LogP contribution in [-0.4, -0.2) is 40.8 Å². The Morgan fingerprint density at radius 2 is 1.69 bits per heavy atom. The molecular formula is C22H30N2O4S. The summed E-state index contributed by atoms with van der Waals surface area (Å²) < 4.78 is 30.6. The van der Waals surface area contributed by atoms with E-state index in [1.54, 1.807) is 19.2 Å². The topological polar surface area (TPSA) is 75.7 Å². The van der Waals surface area contributed by atoms with Gasteiger partial charge in [-0.25, -0.2) is 8.42 Å². The summed E-state index contributed by atoms with van der Waals surface area (Å²) in [7, 11) is -1.94. The predicted octanol–water partition coefficient (Wildman–Crippen LogP) is 3.33. The summed E-state index contributed by atoms with van der Waals surface area (Å²) in [5.41, 5.74) is 2.76. The van der Waals surface area contributed by atoms with Crippen LogP contribution in [0.5, 0.6) is 5.75 Å². The Morgan fingerprint density at radius 3 is 2.21 bits per heavy atom. The predicted molar refractivity (Wildman–Crippen MR) is 117 cm³/mol. The number of anilines is 1. The Hall–Kier alpha value is -2.54. The number of nitrogens with zero attached hydrogens (tertiary/aromatic N) is 1. The Balaban J connectivity index is 1.89. The van der Waals surface area contributed by atoms with E-state index in [2.05, 4.69) is 19.2 Å². The Bertz CT molecular complexity index is 891. The second kappa shape index (κ2) is 10.3. The zero-order chi connectivity index (χ0) is 21.4. The molecule has 0 unspecified atom stereocenters. The first-order chi connectivity index (χ1) is 13.7. The minimum absolute atomic E-state index is 0.234. The highest BCUT2D eigenvalue weighted by molar-refractivity contribution is 7.92. The van der Waals surface area contributed by atoms with E-state index in [9.17, 15) is 13.2 Å². The fraction of sp³-hybridized carbons (Fsp3) is 0.409. The lowest BCUT2D eigenvalue weighted by atomic mass is 10.0. The quantitative estimate of drug-likeness (QED) is 0.601. The van der Waals surface area contributed by atoms with Crippen LogP contribution in [0.4, 0.5) is 5.69 Å². The summed E-state index contributed by atoms with van der Waals surface area (Å²) in [6, 6.07) is 15.1. The van der Waals surface area contributed by atoms with E-state index < -0.39 is 10.0 Å². The second-order valence-corrected chi connectivity index (χ2v) is 9.22.